The molecule has 4 N–H and O–H groups in total. The van der Waals surface area contributed by atoms with Crippen molar-refractivity contribution < 1.29 is 0 Å². The third-order valence-corrected chi connectivity index (χ3v) is 3.83. The smallest absolute Gasteiger partial charge is 0.0121 e. The van der Waals surface area contributed by atoms with E-state index in [2.05, 4.69) is 11.8 Å². The summed E-state index contributed by atoms with van der Waals surface area (Å²) in [6.07, 6.45) is 7.82. The van der Waals surface area contributed by atoms with E-state index in [0.29, 0.717) is 0 Å². The summed E-state index contributed by atoms with van der Waals surface area (Å²) in [5, 5.41) is 0. The van der Waals surface area contributed by atoms with Gasteiger partial charge in [-0.2, -0.15) is 0 Å². The Balaban J connectivity index is 2.44. The second kappa shape index (κ2) is 8.04. The van der Waals surface area contributed by atoms with Crippen LogP contribution in [0.15, 0.2) is 0 Å². The molecule has 1 rings (SSSR count). The van der Waals surface area contributed by atoms with Gasteiger partial charge in [0.1, 0.15) is 0 Å². The summed E-state index contributed by atoms with van der Waals surface area (Å²) in [4.78, 5) is 2.64. The van der Waals surface area contributed by atoms with Crippen LogP contribution in [0.2, 0.25) is 0 Å². The number of hydrogen-bond donors (Lipinski definition) is 2. The van der Waals surface area contributed by atoms with E-state index in [1.165, 1.54) is 25.7 Å². The van der Waals surface area contributed by atoms with Gasteiger partial charge in [0.25, 0.3) is 0 Å². The van der Waals surface area contributed by atoms with Crippen LogP contribution in [0.3, 0.4) is 0 Å². The van der Waals surface area contributed by atoms with Crippen molar-refractivity contribution in [3.63, 3.8) is 0 Å². The third kappa shape index (κ3) is 4.40. The molecule has 96 valence electrons. The van der Waals surface area contributed by atoms with Gasteiger partial charge < -0.3 is 16.4 Å². The fourth-order valence-corrected chi connectivity index (χ4v) is 2.87. The summed E-state index contributed by atoms with van der Waals surface area (Å²) in [6, 6.07) is 0.784. The van der Waals surface area contributed by atoms with Crippen LogP contribution in [0.25, 0.3) is 0 Å². The quantitative estimate of drug-likeness (QED) is 0.694. The molecule has 2 atom stereocenters. The first kappa shape index (κ1) is 13.9. The van der Waals surface area contributed by atoms with Gasteiger partial charge in [0.05, 0.1) is 0 Å². The van der Waals surface area contributed by atoms with Crippen LogP contribution in [-0.2, 0) is 0 Å². The van der Waals surface area contributed by atoms with Crippen LogP contribution in [0.4, 0.5) is 0 Å². The maximum absolute atomic E-state index is 5.62. The molecule has 0 aliphatic heterocycles. The highest BCUT2D eigenvalue weighted by atomic mass is 15.2. The monoisotopic (exact) mass is 227 g/mol. The van der Waals surface area contributed by atoms with Gasteiger partial charge in [0.2, 0.25) is 0 Å². The number of hydrogen-bond acceptors (Lipinski definition) is 3. The van der Waals surface area contributed by atoms with E-state index < -0.39 is 0 Å². The van der Waals surface area contributed by atoms with E-state index in [0.717, 1.165) is 51.0 Å². The van der Waals surface area contributed by atoms with Gasteiger partial charge in [-0.25, -0.2) is 0 Å². The van der Waals surface area contributed by atoms with Crippen molar-refractivity contribution >= 4 is 0 Å². The van der Waals surface area contributed by atoms with Crippen molar-refractivity contribution in [2.75, 3.05) is 26.2 Å². The second-order valence-electron chi connectivity index (χ2n) is 5.15. The molecule has 1 aliphatic rings. The van der Waals surface area contributed by atoms with Crippen molar-refractivity contribution in [1.82, 2.24) is 4.90 Å². The van der Waals surface area contributed by atoms with Crippen molar-refractivity contribution in [3.05, 3.63) is 0 Å². The fraction of sp³-hybridized carbons (Fsp3) is 1.00. The molecule has 0 aromatic carbocycles. The highest BCUT2D eigenvalue weighted by Gasteiger charge is 2.26. The predicted octanol–water partition coefficient (Wildman–Crippen LogP) is 1.56. The molecule has 0 aromatic rings. The summed E-state index contributed by atoms with van der Waals surface area (Å²) in [5.74, 6) is 0.851. The van der Waals surface area contributed by atoms with Crippen LogP contribution in [-0.4, -0.2) is 37.1 Å². The number of nitrogens with zero attached hydrogens (tertiary/aromatic N) is 1. The zero-order chi connectivity index (χ0) is 11.8. The molecular formula is C13H29N3. The zero-order valence-corrected chi connectivity index (χ0v) is 10.8. The highest BCUT2D eigenvalue weighted by molar-refractivity contribution is 4.81. The van der Waals surface area contributed by atoms with Gasteiger partial charge in [-0.05, 0) is 57.8 Å². The first-order valence-electron chi connectivity index (χ1n) is 6.93. The van der Waals surface area contributed by atoms with Crippen molar-refractivity contribution in [1.29, 1.82) is 0 Å². The minimum atomic E-state index is 0.784. The molecule has 0 aromatic heterocycles. The maximum Gasteiger partial charge on any atom is 0.0121 e. The van der Waals surface area contributed by atoms with Crippen LogP contribution in [0, 0.1) is 5.92 Å². The lowest BCUT2D eigenvalue weighted by Gasteiger charge is -2.38. The molecule has 0 amide bonds. The molecule has 1 aliphatic carbocycles. The summed E-state index contributed by atoms with van der Waals surface area (Å²) in [6.45, 7) is 6.33. The van der Waals surface area contributed by atoms with Gasteiger partial charge in [-0.3, -0.25) is 0 Å². The van der Waals surface area contributed by atoms with E-state index in [4.69, 9.17) is 11.5 Å². The Kier molecular flexibility index (Phi) is 7.01. The summed E-state index contributed by atoms with van der Waals surface area (Å²) in [7, 11) is 0. The van der Waals surface area contributed by atoms with Gasteiger partial charge >= 0.3 is 0 Å². The summed E-state index contributed by atoms with van der Waals surface area (Å²) >= 11 is 0. The SMILES string of the molecule is CC1CCCCC1N(CCCN)CCCN. The van der Waals surface area contributed by atoms with Crippen molar-refractivity contribution in [2.45, 2.75) is 51.5 Å². The van der Waals surface area contributed by atoms with E-state index in [-0.39, 0.29) is 0 Å². The fourth-order valence-electron chi connectivity index (χ4n) is 2.87. The summed E-state index contributed by atoms with van der Waals surface area (Å²) in [5.41, 5.74) is 11.2. The highest BCUT2D eigenvalue weighted by Crippen LogP contribution is 2.28. The number of nitrogens with two attached hydrogens (primary N) is 2. The maximum atomic E-state index is 5.62. The number of rotatable bonds is 7. The topological polar surface area (TPSA) is 55.3 Å². The Labute approximate surface area is 101 Å². The van der Waals surface area contributed by atoms with Gasteiger partial charge in [-0.1, -0.05) is 19.8 Å². The van der Waals surface area contributed by atoms with E-state index in [1.54, 1.807) is 0 Å². The molecule has 0 heterocycles. The van der Waals surface area contributed by atoms with Crippen molar-refractivity contribution in [3.8, 4) is 0 Å². The van der Waals surface area contributed by atoms with Crippen LogP contribution < -0.4 is 11.5 Å². The molecule has 2 unspecified atom stereocenters. The Bertz CT molecular complexity index is 165. The Hall–Kier alpha value is -0.120. The van der Waals surface area contributed by atoms with Gasteiger partial charge in [-0.15, -0.1) is 0 Å². The lowest BCUT2D eigenvalue weighted by molar-refractivity contribution is 0.110. The molecular weight excluding hydrogens is 198 g/mol. The third-order valence-electron chi connectivity index (χ3n) is 3.83. The lowest BCUT2D eigenvalue weighted by atomic mass is 9.84. The average molecular weight is 227 g/mol. The standard InChI is InChI=1S/C13H29N3/c1-12-6-2-3-7-13(12)16(10-4-8-14)11-5-9-15/h12-13H,2-11,14-15H2,1H3. The van der Waals surface area contributed by atoms with Crippen molar-refractivity contribution in [2.24, 2.45) is 17.4 Å². The lowest BCUT2D eigenvalue weighted by Crippen LogP contribution is -2.43. The summed E-state index contributed by atoms with van der Waals surface area (Å²) < 4.78 is 0. The Morgan fingerprint density at radius 1 is 1.00 bits per heavy atom. The minimum absolute atomic E-state index is 0.784. The molecule has 16 heavy (non-hydrogen) atoms. The molecule has 0 radical (unpaired) electrons. The van der Waals surface area contributed by atoms with Crippen LogP contribution in [0.5, 0.6) is 0 Å². The Morgan fingerprint density at radius 2 is 1.56 bits per heavy atom. The first-order valence-corrected chi connectivity index (χ1v) is 6.93. The molecule has 1 saturated carbocycles. The Morgan fingerprint density at radius 3 is 2.06 bits per heavy atom. The molecule has 1 fully saturated rings. The molecule has 0 saturated heterocycles. The van der Waals surface area contributed by atoms with Gasteiger partial charge in [0, 0.05) is 6.04 Å². The molecule has 3 heteroatoms. The van der Waals surface area contributed by atoms with E-state index in [1.807, 2.05) is 0 Å². The zero-order valence-electron chi connectivity index (χ0n) is 10.8. The predicted molar refractivity (Wildman–Crippen MR) is 70.3 cm³/mol. The largest absolute Gasteiger partial charge is 0.330 e. The average Bonchev–Trinajstić information content (AvgIpc) is 2.31. The van der Waals surface area contributed by atoms with Gasteiger partial charge in [0.15, 0.2) is 0 Å². The molecule has 3 nitrogen and oxygen atoms in total. The van der Waals surface area contributed by atoms with E-state index in [9.17, 15) is 0 Å². The van der Waals surface area contributed by atoms with Crippen LogP contribution in [0.1, 0.15) is 45.4 Å². The first-order chi connectivity index (χ1) is 7.79. The molecule has 0 bridgehead atoms. The second-order valence-corrected chi connectivity index (χ2v) is 5.15. The molecule has 0 spiro atoms. The van der Waals surface area contributed by atoms with E-state index >= 15 is 0 Å². The van der Waals surface area contributed by atoms with Crippen LogP contribution >= 0.6 is 0 Å². The minimum Gasteiger partial charge on any atom is -0.330 e. The normalized spacial score (nSPS) is 26.2.